The van der Waals surface area contributed by atoms with Gasteiger partial charge in [0.1, 0.15) is 0 Å². The van der Waals surface area contributed by atoms with Gasteiger partial charge in [-0.2, -0.15) is 0 Å². The molecule has 0 fully saturated rings. The minimum atomic E-state index is 0.234. The van der Waals surface area contributed by atoms with Gasteiger partial charge in [-0.05, 0) is 122 Å². The number of rotatable bonds is 5. The van der Waals surface area contributed by atoms with E-state index in [1.807, 2.05) is 0 Å². The summed E-state index contributed by atoms with van der Waals surface area (Å²) in [6.07, 6.45) is 7.02. The van der Waals surface area contributed by atoms with Gasteiger partial charge in [-0.25, -0.2) is 0 Å². The first-order chi connectivity index (χ1) is 20.1. The van der Waals surface area contributed by atoms with E-state index in [0.717, 1.165) is 12.8 Å². The summed E-state index contributed by atoms with van der Waals surface area (Å²) in [6, 6.07) is 38.4. The van der Waals surface area contributed by atoms with Gasteiger partial charge in [0.2, 0.25) is 0 Å². The maximum Gasteiger partial charge on any atom is 0.0290 e. The predicted octanol–water partition coefficient (Wildman–Crippen LogP) is 8.73. The summed E-state index contributed by atoms with van der Waals surface area (Å²) in [5, 5.41) is 2.75. The molecule has 0 aromatic heterocycles. The number of aryl methyl sites for hydroxylation is 2. The fourth-order valence-corrected chi connectivity index (χ4v) is 7.29. The molecule has 0 amide bonds. The maximum absolute atomic E-state index is 2.52. The van der Waals surface area contributed by atoms with Gasteiger partial charge in [0.25, 0.3) is 0 Å². The van der Waals surface area contributed by atoms with Crippen molar-refractivity contribution in [1.82, 2.24) is 0 Å². The fraction of sp³-hybridized carbons (Fsp3) is 0.171. The van der Waals surface area contributed by atoms with Crippen molar-refractivity contribution >= 4 is 17.2 Å². The summed E-state index contributed by atoms with van der Waals surface area (Å²) < 4.78 is 0. The Kier molecular flexibility index (Phi) is 6.36. The second kappa shape index (κ2) is 10.2. The highest BCUT2D eigenvalue weighted by Crippen LogP contribution is 2.42. The molecule has 0 radical (unpaired) electrons. The molecular formula is C41H36. The highest BCUT2D eigenvalue weighted by atomic mass is 14.3. The maximum atomic E-state index is 2.52. The van der Waals surface area contributed by atoms with Crippen LogP contribution in [0.2, 0.25) is 0 Å². The van der Waals surface area contributed by atoms with E-state index in [1.165, 1.54) is 82.8 Å². The lowest BCUT2D eigenvalue weighted by atomic mass is 9.82. The second-order valence-corrected chi connectivity index (χ2v) is 11.5. The van der Waals surface area contributed by atoms with Crippen LogP contribution in [0.5, 0.6) is 0 Å². The van der Waals surface area contributed by atoms with Crippen molar-refractivity contribution in [2.75, 3.05) is 0 Å². The first-order valence-electron chi connectivity index (χ1n) is 15.0. The summed E-state index contributed by atoms with van der Waals surface area (Å²) in [5.41, 5.74) is 17.8. The Labute approximate surface area is 244 Å². The fourth-order valence-electron chi connectivity index (χ4n) is 7.29. The van der Waals surface area contributed by atoms with Gasteiger partial charge in [0.15, 0.2) is 0 Å². The van der Waals surface area contributed by atoms with Crippen LogP contribution in [0.25, 0.3) is 28.3 Å². The van der Waals surface area contributed by atoms with E-state index in [9.17, 15) is 0 Å². The Morgan fingerprint density at radius 3 is 2.05 bits per heavy atom. The molecule has 0 aliphatic heterocycles. The summed E-state index contributed by atoms with van der Waals surface area (Å²) in [7, 11) is 0. The molecule has 0 spiro atoms. The molecule has 0 heteroatoms. The minimum Gasteiger partial charge on any atom is -0.0690 e. The van der Waals surface area contributed by atoms with Gasteiger partial charge in [-0.3, -0.25) is 0 Å². The molecule has 0 bridgehead atoms. The van der Waals surface area contributed by atoms with Crippen molar-refractivity contribution in [3.8, 4) is 11.1 Å². The van der Waals surface area contributed by atoms with Gasteiger partial charge in [-0.15, -0.1) is 0 Å². The molecule has 2 aliphatic rings. The summed E-state index contributed by atoms with van der Waals surface area (Å²) >= 11 is 0. The Morgan fingerprint density at radius 1 is 0.683 bits per heavy atom. The van der Waals surface area contributed by atoms with Crippen molar-refractivity contribution in [3.05, 3.63) is 170 Å². The van der Waals surface area contributed by atoms with E-state index in [2.05, 4.69) is 143 Å². The average Bonchev–Trinajstić information content (AvgIpc) is 3.55. The Morgan fingerprint density at radius 2 is 1.39 bits per heavy atom. The monoisotopic (exact) mass is 528 g/mol. The summed E-state index contributed by atoms with van der Waals surface area (Å²) in [4.78, 5) is 0. The highest BCUT2D eigenvalue weighted by Gasteiger charge is 2.29. The van der Waals surface area contributed by atoms with Crippen molar-refractivity contribution in [3.63, 3.8) is 0 Å². The normalized spacial score (nSPS) is 14.6. The Bertz CT molecular complexity index is 1910. The molecule has 41 heavy (non-hydrogen) atoms. The number of hydrogen-bond donors (Lipinski definition) is 0. The largest absolute Gasteiger partial charge is 0.0690 e. The van der Waals surface area contributed by atoms with Crippen LogP contribution in [0.1, 0.15) is 76.8 Å². The second-order valence-electron chi connectivity index (χ2n) is 11.5. The Hall–Kier alpha value is -4.42. The van der Waals surface area contributed by atoms with Crippen LogP contribution in [0.4, 0.5) is 0 Å². The quantitative estimate of drug-likeness (QED) is 0.210. The molecule has 1 atom stereocenters. The van der Waals surface area contributed by atoms with Crippen LogP contribution in [-0.2, 0) is 12.8 Å². The van der Waals surface area contributed by atoms with Gasteiger partial charge in [0.05, 0.1) is 0 Å². The first kappa shape index (κ1) is 25.5. The molecule has 2 aliphatic carbocycles. The van der Waals surface area contributed by atoms with Gasteiger partial charge < -0.3 is 0 Å². The van der Waals surface area contributed by atoms with E-state index in [4.69, 9.17) is 0 Å². The average molecular weight is 529 g/mol. The van der Waals surface area contributed by atoms with Crippen molar-refractivity contribution < 1.29 is 0 Å². The van der Waals surface area contributed by atoms with Crippen LogP contribution in [0, 0.1) is 6.92 Å². The zero-order chi connectivity index (χ0) is 28.1. The molecular weight excluding hydrogens is 492 g/mol. The van der Waals surface area contributed by atoms with Gasteiger partial charge in [-0.1, -0.05) is 117 Å². The third-order valence-corrected chi connectivity index (χ3v) is 9.14. The molecule has 7 rings (SSSR count). The molecule has 0 heterocycles. The molecule has 5 aromatic rings. The molecule has 0 saturated heterocycles. The highest BCUT2D eigenvalue weighted by molar-refractivity contribution is 5.88. The van der Waals surface area contributed by atoms with Crippen LogP contribution >= 0.6 is 0 Å². The zero-order valence-electron chi connectivity index (χ0n) is 24.5. The first-order valence-corrected chi connectivity index (χ1v) is 15.0. The SMILES string of the molecule is CCc1ccc2c(c1)C=c1c-2cc(=C(c2ccccc2)c2ccccc2)c(CC)c1C1C=C(C)c2c(C)cccc21. The number of benzene rings is 5. The third kappa shape index (κ3) is 4.13. The van der Waals surface area contributed by atoms with Crippen LogP contribution < -0.4 is 10.4 Å². The lowest BCUT2D eigenvalue weighted by molar-refractivity contribution is 0.966. The molecule has 0 saturated carbocycles. The predicted molar refractivity (Wildman–Crippen MR) is 175 cm³/mol. The van der Waals surface area contributed by atoms with Gasteiger partial charge in [0, 0.05) is 5.92 Å². The lowest BCUT2D eigenvalue weighted by Crippen LogP contribution is -2.27. The van der Waals surface area contributed by atoms with E-state index >= 15 is 0 Å². The molecule has 200 valence electrons. The van der Waals surface area contributed by atoms with Crippen molar-refractivity contribution in [2.24, 2.45) is 0 Å². The van der Waals surface area contributed by atoms with Gasteiger partial charge >= 0.3 is 0 Å². The number of fused-ring (bicyclic) bond motifs is 4. The van der Waals surface area contributed by atoms with E-state index in [-0.39, 0.29) is 5.92 Å². The van der Waals surface area contributed by atoms with Crippen LogP contribution in [0.15, 0.2) is 109 Å². The minimum absolute atomic E-state index is 0.234. The van der Waals surface area contributed by atoms with Crippen molar-refractivity contribution in [2.45, 2.75) is 46.5 Å². The van der Waals surface area contributed by atoms with E-state index in [1.54, 1.807) is 0 Å². The molecule has 1 unspecified atom stereocenters. The summed E-state index contributed by atoms with van der Waals surface area (Å²) in [6.45, 7) is 9.13. The van der Waals surface area contributed by atoms with Crippen molar-refractivity contribution in [1.29, 1.82) is 0 Å². The van der Waals surface area contributed by atoms with E-state index in [0.29, 0.717) is 0 Å². The van der Waals surface area contributed by atoms with Crippen LogP contribution in [0.3, 0.4) is 0 Å². The summed E-state index contributed by atoms with van der Waals surface area (Å²) in [5.74, 6) is 0.234. The molecule has 0 nitrogen and oxygen atoms in total. The third-order valence-electron chi connectivity index (χ3n) is 9.14. The smallest absolute Gasteiger partial charge is 0.0290 e. The van der Waals surface area contributed by atoms with E-state index < -0.39 is 0 Å². The number of allylic oxidation sites excluding steroid dienone is 2. The zero-order valence-corrected chi connectivity index (χ0v) is 24.5. The molecule has 0 N–H and O–H groups in total. The van der Waals surface area contributed by atoms with Crippen LogP contribution in [-0.4, -0.2) is 0 Å². The number of hydrogen-bond acceptors (Lipinski definition) is 0. The standard InChI is InChI=1S/C41H36/c1-5-28-20-21-33-31(23-28)24-37-35(33)25-38(40(29-15-9-7-10-16-29)30-17-11-8-12-18-30)32(6-2)41(37)36-22-27(4)39-26(3)14-13-19-34(36)39/h7-25,36H,5-6H2,1-4H3. The molecule has 5 aromatic carbocycles. The lowest BCUT2D eigenvalue weighted by Gasteiger charge is -2.21. The topological polar surface area (TPSA) is 0 Å². The Balaban J connectivity index is 1.66.